The van der Waals surface area contributed by atoms with Crippen LogP contribution in [0, 0.1) is 0 Å². The van der Waals surface area contributed by atoms with Crippen molar-refractivity contribution in [1.29, 1.82) is 0 Å². The van der Waals surface area contributed by atoms with Gasteiger partial charge in [-0.2, -0.15) is 0 Å². The van der Waals surface area contributed by atoms with Crippen molar-refractivity contribution in [3.63, 3.8) is 0 Å². The Morgan fingerprint density at radius 1 is 0.697 bits per heavy atom. The first-order valence-corrected chi connectivity index (χ1v) is 13.4. The molecule has 1 heterocycles. The number of aromatic nitrogens is 2. The smallest absolute Gasteiger partial charge is 0.277 e. The zero-order valence-corrected chi connectivity index (χ0v) is 20.7. The van der Waals surface area contributed by atoms with Crippen LogP contribution in [0.5, 0.6) is 0 Å². The zero-order valence-electron chi connectivity index (χ0n) is 20.7. The molecule has 0 radical (unpaired) electrons. The Morgan fingerprint density at radius 3 is 1.70 bits per heavy atom. The highest BCUT2D eigenvalue weighted by molar-refractivity contribution is 5.99. The highest BCUT2D eigenvalue weighted by Crippen LogP contribution is 2.18. The van der Waals surface area contributed by atoms with Crippen molar-refractivity contribution in [1.82, 2.24) is 15.5 Å². The van der Waals surface area contributed by atoms with Crippen molar-refractivity contribution in [2.75, 3.05) is 6.54 Å². The summed E-state index contributed by atoms with van der Waals surface area (Å²) in [6.45, 7) is 2.88. The molecule has 0 aliphatic heterocycles. The Balaban J connectivity index is 1.45. The van der Waals surface area contributed by atoms with Crippen LogP contribution in [0.1, 0.15) is 120 Å². The van der Waals surface area contributed by atoms with E-state index in [0.29, 0.717) is 12.2 Å². The lowest BCUT2D eigenvalue weighted by molar-refractivity contribution is 0.0952. The van der Waals surface area contributed by atoms with E-state index in [9.17, 15) is 9.59 Å². The molecule has 0 atom stereocenters. The third kappa shape index (κ3) is 10.9. The van der Waals surface area contributed by atoms with E-state index in [-0.39, 0.29) is 17.0 Å². The fourth-order valence-corrected chi connectivity index (χ4v) is 4.36. The van der Waals surface area contributed by atoms with Crippen LogP contribution < -0.4 is 10.9 Å². The minimum Gasteiger partial charge on any atom is -0.352 e. The van der Waals surface area contributed by atoms with Crippen molar-refractivity contribution in [2.45, 2.75) is 110 Å². The summed E-state index contributed by atoms with van der Waals surface area (Å²) in [5.41, 5.74) is 1.16. The van der Waals surface area contributed by atoms with Crippen molar-refractivity contribution in [3.8, 4) is 11.3 Å². The van der Waals surface area contributed by atoms with Gasteiger partial charge in [-0.25, -0.2) is 0 Å². The third-order valence-electron chi connectivity index (χ3n) is 6.38. The van der Waals surface area contributed by atoms with E-state index >= 15 is 0 Å². The number of hydrogen-bond donors (Lipinski definition) is 3. The molecule has 0 saturated carbocycles. The van der Waals surface area contributed by atoms with E-state index < -0.39 is 0 Å². The summed E-state index contributed by atoms with van der Waals surface area (Å²) < 4.78 is 0. The summed E-state index contributed by atoms with van der Waals surface area (Å²) in [6.07, 6.45) is 21.3. The van der Waals surface area contributed by atoms with E-state index in [0.717, 1.165) is 18.4 Å². The van der Waals surface area contributed by atoms with E-state index in [1.165, 1.54) is 89.9 Å². The molecular weight excluding hydrogens is 410 g/mol. The number of aromatic amines is 2. The SMILES string of the molecule is CCCCCCCCCCCCCCCCCCNC(=O)c1c(-c2ccccc2)[nH][nH]c1=O. The third-order valence-corrected chi connectivity index (χ3v) is 6.38. The Hall–Kier alpha value is -2.30. The van der Waals surface area contributed by atoms with Crippen LogP contribution in [0.2, 0.25) is 0 Å². The number of amides is 1. The van der Waals surface area contributed by atoms with Gasteiger partial charge in [0, 0.05) is 12.1 Å². The molecule has 33 heavy (non-hydrogen) atoms. The number of benzene rings is 1. The van der Waals surface area contributed by atoms with Gasteiger partial charge in [-0.15, -0.1) is 0 Å². The van der Waals surface area contributed by atoms with Gasteiger partial charge in [0.15, 0.2) is 0 Å². The largest absolute Gasteiger partial charge is 0.352 e. The van der Waals surface area contributed by atoms with Crippen LogP contribution in [0.25, 0.3) is 11.3 Å². The number of H-pyrrole nitrogens is 2. The first-order chi connectivity index (χ1) is 16.2. The number of hydrogen-bond acceptors (Lipinski definition) is 2. The molecule has 3 N–H and O–H groups in total. The number of unbranched alkanes of at least 4 members (excludes halogenated alkanes) is 15. The lowest BCUT2D eigenvalue weighted by Crippen LogP contribution is -2.28. The van der Waals surface area contributed by atoms with Crippen molar-refractivity contribution in [3.05, 3.63) is 46.2 Å². The van der Waals surface area contributed by atoms with Crippen LogP contribution in [0.3, 0.4) is 0 Å². The normalized spacial score (nSPS) is 11.1. The first-order valence-electron chi connectivity index (χ1n) is 13.4. The maximum Gasteiger partial charge on any atom is 0.277 e. The van der Waals surface area contributed by atoms with Crippen molar-refractivity contribution >= 4 is 5.91 Å². The van der Waals surface area contributed by atoms with E-state index in [1.54, 1.807) is 0 Å². The highest BCUT2D eigenvalue weighted by atomic mass is 16.2. The van der Waals surface area contributed by atoms with Crippen LogP contribution >= 0.6 is 0 Å². The summed E-state index contributed by atoms with van der Waals surface area (Å²) >= 11 is 0. The molecule has 0 aliphatic carbocycles. The fraction of sp³-hybridized carbons (Fsp3) is 0.643. The number of nitrogens with one attached hydrogen (secondary N) is 3. The summed E-state index contributed by atoms with van der Waals surface area (Å²) in [7, 11) is 0. The first kappa shape index (κ1) is 26.9. The van der Waals surface area contributed by atoms with Crippen LogP contribution in [-0.4, -0.2) is 22.6 Å². The lowest BCUT2D eigenvalue weighted by atomic mass is 10.0. The molecule has 5 heteroatoms. The highest BCUT2D eigenvalue weighted by Gasteiger charge is 2.18. The van der Waals surface area contributed by atoms with Gasteiger partial charge in [-0.1, -0.05) is 134 Å². The Labute approximate surface area is 200 Å². The molecule has 5 nitrogen and oxygen atoms in total. The second kappa shape index (κ2) is 17.2. The molecule has 0 bridgehead atoms. The summed E-state index contributed by atoms with van der Waals surface area (Å²) in [5, 5.41) is 8.27. The van der Waals surface area contributed by atoms with Gasteiger partial charge in [0.1, 0.15) is 5.56 Å². The predicted octanol–water partition coefficient (Wildman–Crippen LogP) is 7.36. The maximum absolute atomic E-state index is 12.5. The van der Waals surface area contributed by atoms with E-state index in [4.69, 9.17) is 0 Å². The van der Waals surface area contributed by atoms with E-state index in [1.807, 2.05) is 30.3 Å². The topological polar surface area (TPSA) is 77.8 Å². The lowest BCUT2D eigenvalue weighted by Gasteiger charge is -2.06. The average molecular weight is 456 g/mol. The standard InChI is InChI=1S/C28H45N3O2/c1-2-3-4-5-6-7-8-9-10-11-12-13-14-15-16-20-23-29-27(32)25-26(30-31-28(25)33)24-21-18-17-19-22-24/h17-19,21-22H,2-16,20,23H2,1H3,(H,29,32)(H2,30,31,33). The van der Waals surface area contributed by atoms with Gasteiger partial charge < -0.3 is 5.32 Å². The molecule has 0 aliphatic rings. The molecule has 0 spiro atoms. The molecule has 1 aromatic heterocycles. The molecule has 184 valence electrons. The maximum atomic E-state index is 12.5. The fourth-order valence-electron chi connectivity index (χ4n) is 4.36. The second-order valence-corrected chi connectivity index (χ2v) is 9.25. The Bertz CT molecular complexity index is 810. The summed E-state index contributed by atoms with van der Waals surface area (Å²) in [4.78, 5) is 24.6. The van der Waals surface area contributed by atoms with E-state index in [2.05, 4.69) is 22.4 Å². The molecule has 1 amide bonds. The zero-order chi connectivity index (χ0) is 23.6. The molecular formula is C28H45N3O2. The van der Waals surface area contributed by atoms with Crippen molar-refractivity contribution in [2.24, 2.45) is 0 Å². The van der Waals surface area contributed by atoms with Gasteiger partial charge in [0.05, 0.1) is 5.69 Å². The molecule has 2 rings (SSSR count). The monoisotopic (exact) mass is 455 g/mol. The molecule has 0 fully saturated rings. The van der Waals surface area contributed by atoms with Crippen molar-refractivity contribution < 1.29 is 4.79 Å². The minimum absolute atomic E-state index is 0.165. The molecule has 0 unspecified atom stereocenters. The second-order valence-electron chi connectivity index (χ2n) is 9.25. The molecule has 0 saturated heterocycles. The Morgan fingerprint density at radius 2 is 1.18 bits per heavy atom. The van der Waals surface area contributed by atoms with Gasteiger partial charge in [-0.05, 0) is 6.42 Å². The summed E-state index contributed by atoms with van der Waals surface area (Å²) in [5.74, 6) is -0.308. The van der Waals surface area contributed by atoms with Crippen LogP contribution in [-0.2, 0) is 0 Å². The van der Waals surface area contributed by atoms with Gasteiger partial charge in [0.2, 0.25) is 0 Å². The summed E-state index contributed by atoms with van der Waals surface area (Å²) in [6, 6.07) is 9.44. The molecule has 1 aromatic carbocycles. The Kier molecular flexibility index (Phi) is 14.1. The van der Waals surface area contributed by atoms with Gasteiger partial charge in [0.25, 0.3) is 11.5 Å². The van der Waals surface area contributed by atoms with Gasteiger partial charge in [-0.3, -0.25) is 19.8 Å². The minimum atomic E-state index is -0.377. The quantitative estimate of drug-likeness (QED) is 0.193. The number of carbonyl (C=O) groups excluding carboxylic acids is 1. The predicted molar refractivity (Wildman–Crippen MR) is 139 cm³/mol. The van der Waals surface area contributed by atoms with Crippen LogP contribution in [0.15, 0.2) is 35.1 Å². The van der Waals surface area contributed by atoms with Crippen LogP contribution in [0.4, 0.5) is 0 Å². The van der Waals surface area contributed by atoms with Gasteiger partial charge >= 0.3 is 0 Å². The molecule has 2 aromatic rings. The number of rotatable bonds is 19. The average Bonchev–Trinajstić information content (AvgIpc) is 3.23. The number of carbonyl (C=O) groups is 1.